The molecule has 2 aromatic carbocycles. The number of ether oxygens (including phenoxy) is 3. The maximum Gasteiger partial charge on any atom is 0.431 e. The van der Waals surface area contributed by atoms with Crippen LogP contribution in [0.5, 0.6) is 5.75 Å². The third-order valence-corrected chi connectivity index (χ3v) is 6.83. The minimum atomic E-state index is -4.93. The second-order valence-electron chi connectivity index (χ2n) is 9.57. The normalized spacial score (nSPS) is 16.1. The molecule has 0 saturated carbocycles. The summed E-state index contributed by atoms with van der Waals surface area (Å²) in [6.45, 7) is 2.45. The van der Waals surface area contributed by atoms with Crippen LogP contribution >= 0.6 is 11.6 Å². The van der Waals surface area contributed by atoms with Gasteiger partial charge < -0.3 is 30.0 Å². The smallest absolute Gasteiger partial charge is 0.431 e. The van der Waals surface area contributed by atoms with Crippen LogP contribution in [0.2, 0.25) is 5.02 Å². The summed E-state index contributed by atoms with van der Waals surface area (Å²) in [6.07, 6.45) is -3.69. The number of methoxy groups -OCH3 is 1. The quantitative estimate of drug-likeness (QED) is 0.202. The number of aliphatic hydroxyl groups is 1. The molecule has 0 fully saturated rings. The largest absolute Gasteiger partial charge is 0.491 e. The molecule has 0 spiro atoms. The average Bonchev–Trinajstić information content (AvgIpc) is 2.96. The van der Waals surface area contributed by atoms with Crippen molar-refractivity contribution in [2.75, 3.05) is 33.4 Å². The zero-order chi connectivity index (χ0) is 30.7. The van der Waals surface area contributed by atoms with Crippen molar-refractivity contribution >= 4 is 23.5 Å². The highest BCUT2D eigenvalue weighted by Crippen LogP contribution is 2.45. The van der Waals surface area contributed by atoms with Gasteiger partial charge in [-0.05, 0) is 56.5 Å². The fraction of sp³-hybridized carbons (Fsp3) is 0.400. The summed E-state index contributed by atoms with van der Waals surface area (Å²) >= 11 is 6.32. The molecule has 0 radical (unpaired) electrons. The van der Waals surface area contributed by atoms with Crippen molar-refractivity contribution in [2.24, 2.45) is 0 Å². The Hall–Kier alpha value is -3.54. The fourth-order valence-electron chi connectivity index (χ4n) is 4.48. The first kappa shape index (κ1) is 33.0. The number of hydrogen-bond donors (Lipinski definition) is 3. The topological polar surface area (TPSA) is 106 Å². The number of alkyl halides is 3. The maximum absolute atomic E-state index is 14.0. The van der Waals surface area contributed by atoms with Crippen LogP contribution in [0.4, 0.5) is 13.2 Å². The Kier molecular flexibility index (Phi) is 12.3. The first-order valence-corrected chi connectivity index (χ1v) is 13.8. The third kappa shape index (κ3) is 8.98. The summed E-state index contributed by atoms with van der Waals surface area (Å²) in [5.41, 5.74) is -2.24. The SMILES string of the molecule is COC(=O)C1=C(C(F)(F)F)NC(C)=C(C(=O)OCCCCCNCC(O)COc2ccccc2)C1c1ccccc1Cl. The number of benzene rings is 2. The molecule has 0 aromatic heterocycles. The number of nitrogens with one attached hydrogen (secondary N) is 2. The molecule has 0 bridgehead atoms. The Labute approximate surface area is 247 Å². The Bertz CT molecular complexity index is 1280. The summed E-state index contributed by atoms with van der Waals surface area (Å²) in [5, 5.41) is 15.4. The molecule has 1 aliphatic heterocycles. The first-order chi connectivity index (χ1) is 20.0. The second kappa shape index (κ2) is 15.6. The molecule has 1 heterocycles. The van der Waals surface area contributed by atoms with Gasteiger partial charge in [-0.25, -0.2) is 9.59 Å². The molecule has 2 aromatic rings. The average molecular weight is 611 g/mol. The number of aliphatic hydroxyl groups excluding tert-OH is 1. The number of halogens is 4. The lowest BCUT2D eigenvalue weighted by Gasteiger charge is -2.32. The molecule has 8 nitrogen and oxygen atoms in total. The van der Waals surface area contributed by atoms with Crippen molar-refractivity contribution in [3.05, 3.63) is 87.7 Å². The van der Waals surface area contributed by atoms with E-state index in [4.69, 9.17) is 21.1 Å². The van der Waals surface area contributed by atoms with E-state index in [-0.39, 0.29) is 35.1 Å². The summed E-state index contributed by atoms with van der Waals surface area (Å²) in [5.74, 6) is -2.90. The van der Waals surface area contributed by atoms with Crippen molar-refractivity contribution in [3.63, 3.8) is 0 Å². The Morgan fingerprint density at radius 2 is 1.71 bits per heavy atom. The molecular weight excluding hydrogens is 577 g/mol. The molecule has 12 heteroatoms. The van der Waals surface area contributed by atoms with E-state index in [1.807, 2.05) is 18.2 Å². The van der Waals surface area contributed by atoms with Crippen LogP contribution in [0.3, 0.4) is 0 Å². The van der Waals surface area contributed by atoms with E-state index < -0.39 is 41.4 Å². The summed E-state index contributed by atoms with van der Waals surface area (Å²) in [6, 6.07) is 15.2. The van der Waals surface area contributed by atoms with Crippen molar-refractivity contribution in [3.8, 4) is 5.75 Å². The van der Waals surface area contributed by atoms with E-state index in [9.17, 15) is 27.9 Å². The van der Waals surface area contributed by atoms with E-state index in [0.717, 1.165) is 13.5 Å². The molecule has 2 unspecified atom stereocenters. The van der Waals surface area contributed by atoms with Crippen LogP contribution in [0.1, 0.15) is 37.7 Å². The zero-order valence-electron chi connectivity index (χ0n) is 23.3. The van der Waals surface area contributed by atoms with Crippen LogP contribution in [-0.2, 0) is 19.1 Å². The predicted molar refractivity (Wildman–Crippen MR) is 151 cm³/mol. The van der Waals surface area contributed by atoms with Gasteiger partial charge in [0.25, 0.3) is 0 Å². The highest BCUT2D eigenvalue weighted by atomic mass is 35.5. The number of allylic oxidation sites excluding steroid dienone is 2. The van der Waals surface area contributed by atoms with Crippen molar-refractivity contribution in [2.45, 2.75) is 44.4 Å². The standard InChI is InChI=1S/C30H34ClF3N2O6/c1-19-24(25(22-13-7-8-14-23(22)31)26(28(38)40-2)27(36-19)30(32,33)34)29(39)41-16-10-4-9-15-35-17-20(37)18-42-21-11-5-3-6-12-21/h3,5-8,11-14,20,25,35-37H,4,9-10,15-18H2,1-2H3. The lowest BCUT2D eigenvalue weighted by molar-refractivity contribution is -0.140. The summed E-state index contributed by atoms with van der Waals surface area (Å²) in [7, 11) is 0.963. The molecule has 0 aliphatic carbocycles. The number of esters is 2. The lowest BCUT2D eigenvalue weighted by Crippen LogP contribution is -2.38. The number of carbonyl (C=O) groups excluding carboxylic acids is 2. The van der Waals surface area contributed by atoms with Crippen molar-refractivity contribution < 1.29 is 42.1 Å². The molecule has 0 saturated heterocycles. The molecule has 3 N–H and O–H groups in total. The van der Waals surface area contributed by atoms with Gasteiger partial charge in [0.1, 0.15) is 24.2 Å². The van der Waals surface area contributed by atoms with Gasteiger partial charge in [0.2, 0.25) is 0 Å². The monoisotopic (exact) mass is 610 g/mol. The van der Waals surface area contributed by atoms with Crippen LogP contribution in [0.15, 0.2) is 77.1 Å². The molecule has 3 rings (SSSR count). The van der Waals surface area contributed by atoms with Crippen LogP contribution in [-0.4, -0.2) is 62.7 Å². The van der Waals surface area contributed by atoms with Gasteiger partial charge in [-0.15, -0.1) is 0 Å². The number of rotatable bonds is 14. The summed E-state index contributed by atoms with van der Waals surface area (Å²) < 4.78 is 57.6. The van der Waals surface area contributed by atoms with E-state index in [2.05, 4.69) is 15.4 Å². The van der Waals surface area contributed by atoms with Crippen LogP contribution in [0, 0.1) is 0 Å². The second-order valence-corrected chi connectivity index (χ2v) is 9.98. The molecular formula is C30H34ClF3N2O6. The van der Waals surface area contributed by atoms with Gasteiger partial charge in [-0.3, -0.25) is 0 Å². The highest BCUT2D eigenvalue weighted by Gasteiger charge is 2.47. The molecule has 228 valence electrons. The predicted octanol–water partition coefficient (Wildman–Crippen LogP) is 5.03. The van der Waals surface area contributed by atoms with E-state index in [0.29, 0.717) is 31.7 Å². The van der Waals surface area contributed by atoms with Crippen LogP contribution in [0.25, 0.3) is 0 Å². The Morgan fingerprint density at radius 3 is 2.38 bits per heavy atom. The molecule has 2 atom stereocenters. The minimum absolute atomic E-state index is 0.0157. The molecule has 1 aliphatic rings. The Balaban J connectivity index is 1.55. The van der Waals surface area contributed by atoms with Gasteiger partial charge in [-0.1, -0.05) is 48.0 Å². The third-order valence-electron chi connectivity index (χ3n) is 6.48. The van der Waals surface area contributed by atoms with Crippen molar-refractivity contribution in [1.29, 1.82) is 0 Å². The number of carbonyl (C=O) groups is 2. The van der Waals surface area contributed by atoms with E-state index in [1.54, 1.807) is 24.3 Å². The molecule has 42 heavy (non-hydrogen) atoms. The van der Waals surface area contributed by atoms with Crippen molar-refractivity contribution in [1.82, 2.24) is 10.6 Å². The number of hydrogen-bond acceptors (Lipinski definition) is 8. The van der Waals surface area contributed by atoms with Gasteiger partial charge in [0.05, 0.1) is 30.8 Å². The van der Waals surface area contributed by atoms with E-state index in [1.165, 1.54) is 19.1 Å². The summed E-state index contributed by atoms with van der Waals surface area (Å²) in [4.78, 5) is 25.9. The van der Waals surface area contributed by atoms with E-state index >= 15 is 0 Å². The maximum atomic E-state index is 14.0. The number of unbranched alkanes of at least 4 members (excludes halogenated alkanes) is 2. The highest BCUT2D eigenvalue weighted by molar-refractivity contribution is 6.31. The Morgan fingerprint density at radius 1 is 1.02 bits per heavy atom. The fourth-order valence-corrected chi connectivity index (χ4v) is 4.72. The molecule has 0 amide bonds. The first-order valence-electron chi connectivity index (χ1n) is 13.4. The number of para-hydroxylation sites is 1. The number of dihydropyridines is 1. The van der Waals surface area contributed by atoms with Gasteiger partial charge in [-0.2, -0.15) is 13.2 Å². The lowest BCUT2D eigenvalue weighted by atomic mass is 9.80. The van der Waals surface area contributed by atoms with Gasteiger partial charge in [0, 0.05) is 17.3 Å². The zero-order valence-corrected chi connectivity index (χ0v) is 24.1. The van der Waals surface area contributed by atoms with Crippen LogP contribution < -0.4 is 15.4 Å². The van der Waals surface area contributed by atoms with Gasteiger partial charge in [0.15, 0.2) is 0 Å². The van der Waals surface area contributed by atoms with Gasteiger partial charge >= 0.3 is 18.1 Å². The minimum Gasteiger partial charge on any atom is -0.491 e.